The van der Waals surface area contributed by atoms with Crippen LogP contribution in [0.15, 0.2) is 24.4 Å². The Morgan fingerprint density at radius 3 is 2.71 bits per heavy atom. The van der Waals surface area contributed by atoms with Crippen molar-refractivity contribution in [2.75, 3.05) is 10.5 Å². The van der Waals surface area contributed by atoms with Gasteiger partial charge in [-0.15, -0.1) is 0 Å². The predicted molar refractivity (Wildman–Crippen MR) is 49.3 cm³/mol. The molecule has 0 spiro atoms. The molecule has 7 heteroatoms. The zero-order valence-corrected chi connectivity index (χ0v) is 7.86. The summed E-state index contributed by atoms with van der Waals surface area (Å²) in [6.07, 6.45) is 1.40. The van der Waals surface area contributed by atoms with Gasteiger partial charge in [0.2, 0.25) is 10.0 Å². The van der Waals surface area contributed by atoms with Crippen molar-refractivity contribution >= 4 is 21.8 Å². The van der Waals surface area contributed by atoms with E-state index in [0.29, 0.717) is 0 Å². The van der Waals surface area contributed by atoms with Crippen molar-refractivity contribution in [1.82, 2.24) is 4.98 Å². The van der Waals surface area contributed by atoms with Crippen molar-refractivity contribution in [2.24, 2.45) is 0 Å². The van der Waals surface area contributed by atoms with Gasteiger partial charge in [-0.3, -0.25) is 9.52 Å². The lowest BCUT2D eigenvalue weighted by molar-refractivity contribution is -0.134. The highest BCUT2D eigenvalue weighted by Gasteiger charge is 2.15. The minimum Gasteiger partial charge on any atom is -0.480 e. The van der Waals surface area contributed by atoms with Crippen LogP contribution >= 0.6 is 0 Å². The molecule has 0 saturated carbocycles. The van der Waals surface area contributed by atoms with Crippen LogP contribution in [0, 0.1) is 0 Å². The average Bonchev–Trinajstić information content (AvgIpc) is 2.02. The Morgan fingerprint density at radius 1 is 1.50 bits per heavy atom. The number of aliphatic carboxylic acids is 1. The molecule has 0 amide bonds. The Bertz CT molecular complexity index is 415. The summed E-state index contributed by atoms with van der Waals surface area (Å²) in [6, 6.07) is 4.64. The van der Waals surface area contributed by atoms with Gasteiger partial charge >= 0.3 is 5.97 Å². The van der Waals surface area contributed by atoms with E-state index in [-0.39, 0.29) is 5.82 Å². The van der Waals surface area contributed by atoms with Crippen LogP contribution in [0.25, 0.3) is 0 Å². The molecule has 14 heavy (non-hydrogen) atoms. The summed E-state index contributed by atoms with van der Waals surface area (Å²) >= 11 is 0. The molecule has 0 aromatic carbocycles. The first-order valence-electron chi connectivity index (χ1n) is 3.63. The largest absolute Gasteiger partial charge is 0.480 e. The number of hydrogen-bond donors (Lipinski definition) is 2. The van der Waals surface area contributed by atoms with Crippen LogP contribution in [0.3, 0.4) is 0 Å². The molecule has 0 bridgehead atoms. The Hall–Kier alpha value is -1.63. The van der Waals surface area contributed by atoms with Gasteiger partial charge in [0.05, 0.1) is 0 Å². The van der Waals surface area contributed by atoms with Crippen LogP contribution < -0.4 is 4.72 Å². The highest BCUT2D eigenvalue weighted by atomic mass is 32.2. The zero-order valence-electron chi connectivity index (χ0n) is 7.04. The van der Waals surface area contributed by atoms with E-state index >= 15 is 0 Å². The van der Waals surface area contributed by atoms with E-state index in [1.807, 2.05) is 4.72 Å². The molecule has 0 aliphatic rings. The van der Waals surface area contributed by atoms with E-state index in [0.717, 1.165) is 0 Å². The van der Waals surface area contributed by atoms with Crippen molar-refractivity contribution in [3.63, 3.8) is 0 Å². The molecular formula is C7H8N2O4S. The van der Waals surface area contributed by atoms with Gasteiger partial charge < -0.3 is 5.11 Å². The van der Waals surface area contributed by atoms with Gasteiger partial charge in [0.15, 0.2) is 5.75 Å². The fourth-order valence-corrected chi connectivity index (χ4v) is 1.62. The number of carboxylic acid groups (broad SMARTS) is 1. The number of hydrogen-bond acceptors (Lipinski definition) is 4. The maximum atomic E-state index is 11.1. The first-order chi connectivity index (χ1) is 6.49. The van der Waals surface area contributed by atoms with Gasteiger partial charge in [-0.2, -0.15) is 0 Å². The fourth-order valence-electron chi connectivity index (χ4n) is 0.781. The van der Waals surface area contributed by atoms with Crippen molar-refractivity contribution < 1.29 is 18.3 Å². The molecule has 0 atom stereocenters. The van der Waals surface area contributed by atoms with Crippen LogP contribution in [0.5, 0.6) is 0 Å². The van der Waals surface area contributed by atoms with Crippen LogP contribution in [0.1, 0.15) is 0 Å². The molecule has 0 fully saturated rings. The van der Waals surface area contributed by atoms with E-state index in [2.05, 4.69) is 4.98 Å². The lowest BCUT2D eigenvalue weighted by Crippen LogP contribution is -2.22. The monoisotopic (exact) mass is 216 g/mol. The van der Waals surface area contributed by atoms with Crippen molar-refractivity contribution in [3.05, 3.63) is 24.4 Å². The molecule has 1 aromatic rings. The standard InChI is InChI=1S/C7H8N2O4S/c10-7(11)5-14(12,13)9-6-3-1-2-4-8-6/h1-4H,5H2,(H,8,9)(H,10,11). The Morgan fingerprint density at radius 2 is 2.21 bits per heavy atom. The minimum absolute atomic E-state index is 0.105. The van der Waals surface area contributed by atoms with E-state index in [1.54, 1.807) is 12.1 Å². The van der Waals surface area contributed by atoms with E-state index < -0.39 is 21.7 Å². The fraction of sp³-hybridized carbons (Fsp3) is 0.143. The topological polar surface area (TPSA) is 96.4 Å². The first-order valence-corrected chi connectivity index (χ1v) is 5.28. The maximum absolute atomic E-state index is 11.1. The quantitative estimate of drug-likeness (QED) is 0.733. The lowest BCUT2D eigenvalue weighted by Gasteiger charge is -2.03. The summed E-state index contributed by atoms with van der Waals surface area (Å²) in [7, 11) is -3.85. The molecule has 2 N–H and O–H groups in total. The van der Waals surface area contributed by atoms with Gasteiger partial charge in [0.1, 0.15) is 5.82 Å². The second-order valence-corrected chi connectivity index (χ2v) is 4.19. The number of pyridine rings is 1. The van der Waals surface area contributed by atoms with E-state index in [4.69, 9.17) is 5.11 Å². The van der Waals surface area contributed by atoms with Crippen LogP contribution in [0.2, 0.25) is 0 Å². The normalized spacial score (nSPS) is 10.9. The third-order valence-electron chi connectivity index (χ3n) is 1.24. The van der Waals surface area contributed by atoms with Crippen LogP contribution in [-0.4, -0.2) is 30.2 Å². The third kappa shape index (κ3) is 3.40. The van der Waals surface area contributed by atoms with E-state index in [1.165, 1.54) is 12.3 Å². The van der Waals surface area contributed by atoms with Crippen LogP contribution in [0.4, 0.5) is 5.82 Å². The molecule has 6 nitrogen and oxygen atoms in total. The number of nitrogens with one attached hydrogen (secondary N) is 1. The van der Waals surface area contributed by atoms with Crippen LogP contribution in [-0.2, 0) is 14.8 Å². The highest BCUT2D eigenvalue weighted by Crippen LogP contribution is 2.03. The van der Waals surface area contributed by atoms with Crippen molar-refractivity contribution in [2.45, 2.75) is 0 Å². The molecule has 1 aromatic heterocycles. The molecule has 76 valence electrons. The summed E-state index contributed by atoms with van der Waals surface area (Å²) in [5, 5.41) is 8.29. The SMILES string of the molecule is O=C(O)CS(=O)(=O)Nc1ccccn1. The molecule has 0 aliphatic heterocycles. The summed E-state index contributed by atoms with van der Waals surface area (Å²) in [5.41, 5.74) is 0. The number of aromatic nitrogens is 1. The summed E-state index contributed by atoms with van der Waals surface area (Å²) in [5.74, 6) is -2.27. The second kappa shape index (κ2) is 4.05. The predicted octanol–water partition coefficient (Wildman–Crippen LogP) is -0.0921. The highest BCUT2D eigenvalue weighted by molar-refractivity contribution is 7.93. The number of anilines is 1. The number of rotatable bonds is 4. The number of carboxylic acids is 1. The van der Waals surface area contributed by atoms with Crippen molar-refractivity contribution in [1.29, 1.82) is 0 Å². The number of nitrogens with zero attached hydrogens (tertiary/aromatic N) is 1. The molecule has 0 radical (unpaired) electrons. The van der Waals surface area contributed by atoms with Gasteiger partial charge in [-0.25, -0.2) is 13.4 Å². The van der Waals surface area contributed by atoms with Gasteiger partial charge in [0, 0.05) is 6.20 Å². The second-order valence-electron chi connectivity index (χ2n) is 2.47. The van der Waals surface area contributed by atoms with E-state index in [9.17, 15) is 13.2 Å². The maximum Gasteiger partial charge on any atom is 0.320 e. The molecule has 0 unspecified atom stereocenters. The molecule has 0 aliphatic carbocycles. The van der Waals surface area contributed by atoms with Crippen molar-refractivity contribution in [3.8, 4) is 0 Å². The summed E-state index contributed by atoms with van der Waals surface area (Å²) in [6.45, 7) is 0. The summed E-state index contributed by atoms with van der Waals surface area (Å²) in [4.78, 5) is 13.9. The molecule has 1 rings (SSSR count). The lowest BCUT2D eigenvalue weighted by atomic mass is 10.5. The smallest absolute Gasteiger partial charge is 0.320 e. The van der Waals surface area contributed by atoms with Gasteiger partial charge in [0.25, 0.3) is 0 Å². The zero-order chi connectivity index (χ0) is 10.6. The number of sulfonamides is 1. The number of carbonyl (C=O) groups is 1. The van der Waals surface area contributed by atoms with Gasteiger partial charge in [-0.1, -0.05) is 6.07 Å². The Labute approximate surface area is 80.6 Å². The van der Waals surface area contributed by atoms with Gasteiger partial charge in [-0.05, 0) is 12.1 Å². The average molecular weight is 216 g/mol. The molecule has 1 heterocycles. The molecule has 0 saturated heterocycles. The Balaban J connectivity index is 2.74. The first kappa shape index (κ1) is 10.5. The summed E-state index contributed by atoms with van der Waals surface area (Å²) < 4.78 is 24.2. The Kier molecular flexibility index (Phi) is 3.03. The third-order valence-corrected chi connectivity index (χ3v) is 2.39. The minimum atomic E-state index is -3.85. The molecular weight excluding hydrogens is 208 g/mol.